The highest BCUT2D eigenvalue weighted by atomic mass is 28.4. The van der Waals surface area contributed by atoms with Crippen molar-refractivity contribution in [1.29, 1.82) is 0 Å². The van der Waals surface area contributed by atoms with E-state index in [4.69, 9.17) is 22.1 Å². The van der Waals surface area contributed by atoms with Crippen molar-refractivity contribution in [1.82, 2.24) is 0 Å². The van der Waals surface area contributed by atoms with Crippen LogP contribution in [0.4, 0.5) is 0 Å². The number of fused-ring (bicyclic) bond motifs is 1. The van der Waals surface area contributed by atoms with Crippen molar-refractivity contribution >= 4 is 27.7 Å². The molecule has 0 fully saturated rings. The van der Waals surface area contributed by atoms with Gasteiger partial charge in [-0.05, 0) is 24.1 Å². The first-order chi connectivity index (χ1) is 15.1. The van der Waals surface area contributed by atoms with Gasteiger partial charge in [-0.15, -0.1) is 0 Å². The molecule has 0 saturated carbocycles. The van der Waals surface area contributed by atoms with Gasteiger partial charge in [0.1, 0.15) is 5.75 Å². The van der Waals surface area contributed by atoms with E-state index in [2.05, 4.69) is 42.5 Å². The molecule has 0 N–H and O–H groups in total. The normalized spacial score (nSPS) is 15.2. The van der Waals surface area contributed by atoms with Gasteiger partial charge in [-0.2, -0.15) is 0 Å². The molecule has 5 nitrogen and oxygen atoms in total. The molecule has 162 valence electrons. The first-order valence-corrected chi connectivity index (χ1v) is 14.1. The van der Waals surface area contributed by atoms with Crippen LogP contribution in [0.1, 0.15) is 11.1 Å². The number of hydrogen-bond donors (Lipinski definition) is 0. The fourth-order valence-electron chi connectivity index (χ4n) is 3.98. The Morgan fingerprint density at radius 3 is 1.94 bits per heavy atom. The summed E-state index contributed by atoms with van der Waals surface area (Å²) in [6.07, 6.45) is 0.801. The highest BCUT2D eigenvalue weighted by Crippen LogP contribution is 2.31. The second-order valence-electron chi connectivity index (χ2n) is 7.48. The van der Waals surface area contributed by atoms with E-state index in [-0.39, 0.29) is 0 Å². The Labute approximate surface area is 186 Å². The predicted octanol–water partition coefficient (Wildman–Crippen LogP) is 3.27. The molecule has 1 aliphatic rings. The van der Waals surface area contributed by atoms with Crippen LogP contribution in [0.25, 0.3) is 0 Å². The van der Waals surface area contributed by atoms with Gasteiger partial charge in [0.2, 0.25) is 0 Å². The Kier molecular flexibility index (Phi) is 6.71. The summed E-state index contributed by atoms with van der Waals surface area (Å²) in [5.41, 5.74) is 2.24. The average molecular weight is 453 g/mol. The van der Waals surface area contributed by atoms with Crippen LogP contribution in [-0.2, 0) is 30.7 Å². The van der Waals surface area contributed by atoms with E-state index in [0.29, 0.717) is 12.7 Å². The minimum absolute atomic E-state index is 0.514. The summed E-state index contributed by atoms with van der Waals surface area (Å²) in [6, 6.07) is 27.6. The van der Waals surface area contributed by atoms with Crippen molar-refractivity contribution in [3.05, 3.63) is 90.0 Å². The van der Waals surface area contributed by atoms with Crippen LogP contribution in [-0.4, -0.2) is 38.7 Å². The Morgan fingerprint density at radius 2 is 1.39 bits per heavy atom. The van der Waals surface area contributed by atoms with Crippen LogP contribution < -0.4 is 14.8 Å². The molecule has 0 radical (unpaired) electrons. The van der Waals surface area contributed by atoms with E-state index in [0.717, 1.165) is 28.1 Å². The molecule has 0 amide bonds. The lowest BCUT2D eigenvalue weighted by Gasteiger charge is -2.36. The Bertz CT molecular complexity index is 946. The molecule has 1 aliphatic heterocycles. The standard InChI is InChI=1S/C24H28O5Si2/c1-25-30(26-2,27-3)17-16-20-14-15-24-21(18-20)19-28-31(29-24,22-10-6-4-7-11-22)23-12-8-5-9-13-23/h4-15,18H,16-17,19H2,1-3H3. The van der Waals surface area contributed by atoms with Crippen LogP contribution in [0.15, 0.2) is 78.9 Å². The summed E-state index contributed by atoms with van der Waals surface area (Å²) in [5.74, 6) is 0.892. The van der Waals surface area contributed by atoms with E-state index in [9.17, 15) is 0 Å². The van der Waals surface area contributed by atoms with Crippen molar-refractivity contribution < 1.29 is 22.1 Å². The molecule has 0 atom stereocenters. The van der Waals surface area contributed by atoms with Crippen molar-refractivity contribution in [3.8, 4) is 5.75 Å². The molecular weight excluding hydrogens is 424 g/mol. The Balaban J connectivity index is 1.62. The summed E-state index contributed by atoms with van der Waals surface area (Å²) in [6.45, 7) is 0.514. The first kappa shape index (κ1) is 21.9. The highest BCUT2D eigenvalue weighted by molar-refractivity contribution is 6.93. The molecular formula is C24H28O5Si2. The maximum atomic E-state index is 6.71. The van der Waals surface area contributed by atoms with Crippen LogP contribution in [0.2, 0.25) is 6.04 Å². The molecule has 0 bridgehead atoms. The van der Waals surface area contributed by atoms with E-state index < -0.39 is 17.4 Å². The van der Waals surface area contributed by atoms with E-state index in [1.54, 1.807) is 21.3 Å². The molecule has 7 heteroatoms. The monoisotopic (exact) mass is 452 g/mol. The van der Waals surface area contributed by atoms with Gasteiger partial charge >= 0.3 is 17.4 Å². The van der Waals surface area contributed by atoms with Gasteiger partial charge in [0.15, 0.2) is 0 Å². The lowest BCUT2D eigenvalue weighted by Crippen LogP contribution is -2.66. The molecule has 0 aliphatic carbocycles. The third kappa shape index (κ3) is 4.38. The van der Waals surface area contributed by atoms with E-state index in [1.165, 1.54) is 5.56 Å². The quantitative estimate of drug-likeness (QED) is 0.491. The van der Waals surface area contributed by atoms with Crippen LogP contribution in [0.5, 0.6) is 5.75 Å². The van der Waals surface area contributed by atoms with Crippen molar-refractivity contribution in [2.24, 2.45) is 0 Å². The molecule has 31 heavy (non-hydrogen) atoms. The third-order valence-electron chi connectivity index (χ3n) is 5.77. The van der Waals surface area contributed by atoms with E-state index >= 15 is 0 Å². The zero-order valence-corrected chi connectivity index (χ0v) is 20.2. The lowest BCUT2D eigenvalue weighted by atomic mass is 10.1. The molecule has 1 heterocycles. The smallest absolute Gasteiger partial charge is 0.500 e. The molecule has 0 saturated heterocycles. The number of benzene rings is 3. The van der Waals surface area contributed by atoms with Crippen LogP contribution in [0, 0.1) is 0 Å². The molecule has 0 unspecified atom stereocenters. The molecule has 4 rings (SSSR count). The van der Waals surface area contributed by atoms with Gasteiger partial charge in [-0.25, -0.2) is 0 Å². The van der Waals surface area contributed by atoms with Gasteiger partial charge in [0, 0.05) is 43.3 Å². The molecule has 3 aromatic carbocycles. The van der Waals surface area contributed by atoms with Gasteiger partial charge in [0.25, 0.3) is 0 Å². The summed E-state index contributed by atoms with van der Waals surface area (Å²) in [5, 5.41) is 2.21. The fraction of sp³-hybridized carbons (Fsp3) is 0.250. The maximum Gasteiger partial charge on any atom is 0.500 e. The van der Waals surface area contributed by atoms with Crippen LogP contribution >= 0.6 is 0 Å². The summed E-state index contributed by atoms with van der Waals surface area (Å²) < 4.78 is 29.9. The largest absolute Gasteiger partial charge is 0.514 e. The van der Waals surface area contributed by atoms with Gasteiger partial charge in [-0.3, -0.25) is 0 Å². The topological polar surface area (TPSA) is 46.2 Å². The third-order valence-corrected chi connectivity index (χ3v) is 11.7. The van der Waals surface area contributed by atoms with Gasteiger partial charge in [0.05, 0.1) is 6.61 Å². The Morgan fingerprint density at radius 1 is 0.806 bits per heavy atom. The van der Waals surface area contributed by atoms with Crippen LogP contribution in [0.3, 0.4) is 0 Å². The number of aryl methyl sites for hydroxylation is 1. The maximum absolute atomic E-state index is 6.71. The summed E-state index contributed by atoms with van der Waals surface area (Å²) in [7, 11) is -0.493. The predicted molar refractivity (Wildman–Crippen MR) is 125 cm³/mol. The fourth-order valence-corrected chi connectivity index (χ4v) is 8.78. The molecule has 0 spiro atoms. The van der Waals surface area contributed by atoms with Crippen molar-refractivity contribution in [2.75, 3.05) is 21.3 Å². The summed E-state index contributed by atoms with van der Waals surface area (Å²) in [4.78, 5) is 0. The number of rotatable bonds is 8. The Hall–Kier alpha value is -2.27. The lowest BCUT2D eigenvalue weighted by molar-refractivity contribution is 0.123. The van der Waals surface area contributed by atoms with Crippen molar-refractivity contribution in [3.63, 3.8) is 0 Å². The zero-order chi connectivity index (χ0) is 21.7. The second kappa shape index (κ2) is 9.48. The molecule has 3 aromatic rings. The highest BCUT2D eigenvalue weighted by Gasteiger charge is 2.47. The average Bonchev–Trinajstić information content (AvgIpc) is 2.86. The van der Waals surface area contributed by atoms with Crippen molar-refractivity contribution in [2.45, 2.75) is 19.1 Å². The summed E-state index contributed by atoms with van der Waals surface area (Å²) >= 11 is 0. The van der Waals surface area contributed by atoms with Gasteiger partial charge < -0.3 is 22.1 Å². The first-order valence-electron chi connectivity index (χ1n) is 10.4. The second-order valence-corrected chi connectivity index (χ2v) is 13.4. The minimum atomic E-state index is -2.82. The molecule has 0 aromatic heterocycles. The van der Waals surface area contributed by atoms with E-state index in [1.807, 2.05) is 36.4 Å². The van der Waals surface area contributed by atoms with Gasteiger partial charge in [-0.1, -0.05) is 66.7 Å². The SMILES string of the molecule is CO[Si](CCc1ccc2c(c1)CO[Si](c1ccccc1)(c1ccccc1)O2)(OC)OC. The zero-order valence-electron chi connectivity index (χ0n) is 18.2. The number of hydrogen-bond acceptors (Lipinski definition) is 5. The minimum Gasteiger partial charge on any atom is -0.514 e.